The summed E-state index contributed by atoms with van der Waals surface area (Å²) in [4.78, 5) is 24.7. The fraction of sp³-hybridized carbons (Fsp3) is 0.227. The molecule has 1 heterocycles. The van der Waals surface area contributed by atoms with E-state index in [0.29, 0.717) is 46.3 Å². The summed E-state index contributed by atoms with van der Waals surface area (Å²) in [5.41, 5.74) is 2.76. The van der Waals surface area contributed by atoms with Gasteiger partial charge in [0.05, 0.1) is 38.4 Å². The molecule has 30 heavy (non-hydrogen) atoms. The molecular formula is C22H23N3O5. The van der Waals surface area contributed by atoms with Crippen LogP contribution in [0.5, 0.6) is 11.5 Å². The van der Waals surface area contributed by atoms with E-state index in [4.69, 9.17) is 14.2 Å². The minimum atomic E-state index is -0.417. The molecule has 3 aromatic rings. The van der Waals surface area contributed by atoms with Crippen molar-refractivity contribution in [1.82, 2.24) is 9.78 Å². The Morgan fingerprint density at radius 2 is 1.83 bits per heavy atom. The third kappa shape index (κ3) is 4.27. The van der Waals surface area contributed by atoms with Crippen molar-refractivity contribution >= 4 is 17.6 Å². The molecule has 0 radical (unpaired) electrons. The molecule has 8 heteroatoms. The van der Waals surface area contributed by atoms with Crippen LogP contribution in [0.2, 0.25) is 0 Å². The van der Waals surface area contributed by atoms with Crippen LogP contribution in [0.1, 0.15) is 33.3 Å². The monoisotopic (exact) mass is 409 g/mol. The fourth-order valence-electron chi connectivity index (χ4n) is 2.98. The van der Waals surface area contributed by atoms with Gasteiger partial charge in [0, 0.05) is 11.3 Å². The van der Waals surface area contributed by atoms with Gasteiger partial charge in [0.2, 0.25) is 0 Å². The Kier molecular flexibility index (Phi) is 6.36. The second-order valence-electron chi connectivity index (χ2n) is 6.35. The van der Waals surface area contributed by atoms with E-state index >= 15 is 0 Å². The number of rotatable bonds is 7. The van der Waals surface area contributed by atoms with Gasteiger partial charge in [-0.25, -0.2) is 9.48 Å². The highest BCUT2D eigenvalue weighted by atomic mass is 16.5. The van der Waals surface area contributed by atoms with Crippen molar-refractivity contribution in [3.63, 3.8) is 0 Å². The fourth-order valence-corrected chi connectivity index (χ4v) is 2.98. The lowest BCUT2D eigenvalue weighted by atomic mass is 10.1. The largest absolute Gasteiger partial charge is 0.493 e. The van der Waals surface area contributed by atoms with E-state index in [1.807, 2.05) is 6.07 Å². The first-order valence-electron chi connectivity index (χ1n) is 9.34. The zero-order valence-corrected chi connectivity index (χ0v) is 17.3. The SMILES string of the molecule is CCOC(=O)c1cnn(-c2cccc(NC(=O)c3ccc(OC)c(OC)c3)c2)c1C. The van der Waals surface area contributed by atoms with E-state index in [-0.39, 0.29) is 5.91 Å². The minimum absolute atomic E-state index is 0.293. The van der Waals surface area contributed by atoms with Crippen molar-refractivity contribution in [2.75, 3.05) is 26.1 Å². The Bertz CT molecular complexity index is 1070. The molecule has 0 aliphatic rings. The molecule has 1 amide bonds. The van der Waals surface area contributed by atoms with Crippen molar-refractivity contribution in [1.29, 1.82) is 0 Å². The van der Waals surface area contributed by atoms with Crippen LogP contribution >= 0.6 is 0 Å². The molecule has 0 aliphatic carbocycles. The molecular weight excluding hydrogens is 386 g/mol. The third-order valence-corrected chi connectivity index (χ3v) is 4.50. The summed E-state index contributed by atoms with van der Waals surface area (Å²) >= 11 is 0. The van der Waals surface area contributed by atoms with Gasteiger partial charge in [-0.2, -0.15) is 5.10 Å². The van der Waals surface area contributed by atoms with Crippen LogP contribution in [-0.4, -0.2) is 42.5 Å². The van der Waals surface area contributed by atoms with Gasteiger partial charge in [-0.1, -0.05) is 6.07 Å². The van der Waals surface area contributed by atoms with E-state index in [1.54, 1.807) is 54.9 Å². The molecule has 0 spiro atoms. The molecule has 1 N–H and O–H groups in total. The Balaban J connectivity index is 1.83. The van der Waals surface area contributed by atoms with E-state index < -0.39 is 5.97 Å². The molecule has 1 aromatic heterocycles. The molecule has 0 unspecified atom stereocenters. The van der Waals surface area contributed by atoms with Crippen LogP contribution < -0.4 is 14.8 Å². The number of methoxy groups -OCH3 is 2. The standard InChI is InChI=1S/C22H23N3O5/c1-5-30-22(27)18-13-23-25(14(18)2)17-8-6-7-16(12-17)24-21(26)15-9-10-19(28-3)20(11-15)29-4/h6-13H,5H2,1-4H3,(H,24,26). The molecule has 3 rings (SSSR count). The van der Waals surface area contributed by atoms with Gasteiger partial charge in [0.25, 0.3) is 5.91 Å². The first kappa shape index (κ1) is 20.9. The number of ether oxygens (including phenoxy) is 3. The van der Waals surface area contributed by atoms with Crippen LogP contribution in [-0.2, 0) is 4.74 Å². The molecule has 0 saturated heterocycles. The molecule has 8 nitrogen and oxygen atoms in total. The summed E-state index contributed by atoms with van der Waals surface area (Å²) in [6.45, 7) is 3.83. The van der Waals surface area contributed by atoms with E-state index in [2.05, 4.69) is 10.4 Å². The maximum absolute atomic E-state index is 12.7. The maximum atomic E-state index is 12.7. The van der Waals surface area contributed by atoms with Gasteiger partial charge in [0.15, 0.2) is 11.5 Å². The van der Waals surface area contributed by atoms with Crippen LogP contribution in [0.4, 0.5) is 5.69 Å². The molecule has 0 atom stereocenters. The lowest BCUT2D eigenvalue weighted by molar-refractivity contribution is 0.0525. The van der Waals surface area contributed by atoms with Gasteiger partial charge >= 0.3 is 5.97 Å². The van der Waals surface area contributed by atoms with E-state index in [0.717, 1.165) is 0 Å². The van der Waals surface area contributed by atoms with Crippen LogP contribution in [0.25, 0.3) is 5.69 Å². The zero-order valence-electron chi connectivity index (χ0n) is 17.3. The number of benzene rings is 2. The number of hydrogen-bond donors (Lipinski definition) is 1. The van der Waals surface area contributed by atoms with Crippen molar-refractivity contribution in [2.24, 2.45) is 0 Å². The highest BCUT2D eigenvalue weighted by Crippen LogP contribution is 2.28. The maximum Gasteiger partial charge on any atom is 0.341 e. The highest BCUT2D eigenvalue weighted by molar-refractivity contribution is 6.04. The molecule has 0 saturated carbocycles. The van der Waals surface area contributed by atoms with Gasteiger partial charge in [-0.3, -0.25) is 4.79 Å². The number of nitrogens with one attached hydrogen (secondary N) is 1. The summed E-state index contributed by atoms with van der Waals surface area (Å²) in [6.07, 6.45) is 1.47. The van der Waals surface area contributed by atoms with Gasteiger partial charge in [-0.15, -0.1) is 0 Å². The van der Waals surface area contributed by atoms with Crippen LogP contribution in [0.15, 0.2) is 48.7 Å². The van der Waals surface area contributed by atoms with Gasteiger partial charge < -0.3 is 19.5 Å². The minimum Gasteiger partial charge on any atom is -0.493 e. The number of hydrogen-bond acceptors (Lipinski definition) is 6. The lowest BCUT2D eigenvalue weighted by Crippen LogP contribution is -2.12. The van der Waals surface area contributed by atoms with Crippen molar-refractivity contribution in [3.8, 4) is 17.2 Å². The van der Waals surface area contributed by atoms with Crippen LogP contribution in [0, 0.1) is 6.92 Å². The molecule has 0 aliphatic heterocycles. The van der Waals surface area contributed by atoms with Crippen molar-refractivity contribution < 1.29 is 23.8 Å². The average molecular weight is 409 g/mol. The number of anilines is 1. The van der Waals surface area contributed by atoms with Gasteiger partial charge in [0.1, 0.15) is 5.56 Å². The zero-order chi connectivity index (χ0) is 21.7. The predicted octanol–water partition coefficient (Wildman–Crippen LogP) is 3.63. The Morgan fingerprint density at radius 1 is 1.07 bits per heavy atom. The first-order valence-corrected chi connectivity index (χ1v) is 9.34. The lowest BCUT2D eigenvalue weighted by Gasteiger charge is -2.11. The highest BCUT2D eigenvalue weighted by Gasteiger charge is 2.17. The van der Waals surface area contributed by atoms with Gasteiger partial charge in [-0.05, 0) is 50.2 Å². The Morgan fingerprint density at radius 3 is 2.53 bits per heavy atom. The topological polar surface area (TPSA) is 91.7 Å². The second kappa shape index (κ2) is 9.13. The summed E-state index contributed by atoms with van der Waals surface area (Å²) in [6, 6.07) is 12.1. The quantitative estimate of drug-likeness (QED) is 0.599. The number of esters is 1. The number of carbonyl (C=O) groups is 2. The Labute approximate surface area is 174 Å². The molecule has 156 valence electrons. The third-order valence-electron chi connectivity index (χ3n) is 4.50. The summed E-state index contributed by atoms with van der Waals surface area (Å²) < 4.78 is 17.1. The summed E-state index contributed by atoms with van der Waals surface area (Å²) in [7, 11) is 3.05. The smallest absolute Gasteiger partial charge is 0.341 e. The van der Waals surface area contributed by atoms with Crippen molar-refractivity contribution in [2.45, 2.75) is 13.8 Å². The normalized spacial score (nSPS) is 10.4. The van der Waals surface area contributed by atoms with E-state index in [9.17, 15) is 9.59 Å². The molecule has 2 aromatic carbocycles. The first-order chi connectivity index (χ1) is 14.5. The average Bonchev–Trinajstić information content (AvgIpc) is 3.15. The molecule has 0 fully saturated rings. The number of aromatic nitrogens is 2. The summed E-state index contributed by atoms with van der Waals surface area (Å²) in [5.74, 6) is 0.303. The van der Waals surface area contributed by atoms with Crippen molar-refractivity contribution in [3.05, 3.63) is 65.5 Å². The number of carbonyl (C=O) groups excluding carboxylic acids is 2. The number of amides is 1. The second-order valence-corrected chi connectivity index (χ2v) is 6.35. The summed E-state index contributed by atoms with van der Waals surface area (Å²) in [5, 5.41) is 7.14. The van der Waals surface area contributed by atoms with E-state index in [1.165, 1.54) is 20.4 Å². The van der Waals surface area contributed by atoms with Crippen LogP contribution in [0.3, 0.4) is 0 Å². The number of nitrogens with zero attached hydrogens (tertiary/aromatic N) is 2. The molecule has 0 bridgehead atoms. The predicted molar refractivity (Wildman–Crippen MR) is 112 cm³/mol. The Hall–Kier alpha value is -3.81.